The molecule has 2 heterocycles. The zero-order valence-corrected chi connectivity index (χ0v) is 15.3. The third-order valence-electron chi connectivity index (χ3n) is 4.40. The Morgan fingerprint density at radius 3 is 2.78 bits per heavy atom. The van der Waals surface area contributed by atoms with Gasteiger partial charge in [0.05, 0.1) is 12.3 Å². The Labute approximate surface area is 138 Å². The van der Waals surface area contributed by atoms with Crippen LogP contribution in [0.4, 0.5) is 0 Å². The molecule has 1 aliphatic rings. The van der Waals surface area contributed by atoms with Crippen LogP contribution < -0.4 is 0 Å². The summed E-state index contributed by atoms with van der Waals surface area (Å²) in [5.41, 5.74) is 0. The van der Waals surface area contributed by atoms with E-state index in [0.717, 1.165) is 19.5 Å². The molecule has 0 radical (unpaired) electrons. The monoisotopic (exact) mass is 344 g/mol. The minimum Gasteiger partial charge on any atom is -0.339 e. The van der Waals surface area contributed by atoms with E-state index in [1.807, 2.05) is 13.8 Å². The number of likely N-dealkylation sites (N-methyl/N-ethyl adjacent to an activating group) is 1. The van der Waals surface area contributed by atoms with Crippen molar-refractivity contribution in [2.75, 3.05) is 38.2 Å². The lowest BCUT2D eigenvalue weighted by atomic mass is 10.2. The molecule has 8 heteroatoms. The minimum absolute atomic E-state index is 0.222. The minimum atomic E-state index is -2.89. The van der Waals surface area contributed by atoms with Crippen LogP contribution in [0.3, 0.4) is 0 Å². The second-order valence-electron chi connectivity index (χ2n) is 6.60. The molecule has 23 heavy (non-hydrogen) atoms. The normalized spacial score (nSPS) is 20.0. The van der Waals surface area contributed by atoms with Crippen LogP contribution in [-0.2, 0) is 16.4 Å². The third-order valence-corrected chi connectivity index (χ3v) is 6.08. The van der Waals surface area contributed by atoms with Gasteiger partial charge in [0.1, 0.15) is 0 Å². The second kappa shape index (κ2) is 7.72. The Hall–Kier alpha value is -0.990. The number of hydrogen-bond donors (Lipinski definition) is 0. The first-order valence-electron chi connectivity index (χ1n) is 8.26. The lowest BCUT2D eigenvalue weighted by molar-refractivity contribution is 0.220. The molecule has 1 aromatic heterocycles. The Morgan fingerprint density at radius 1 is 1.43 bits per heavy atom. The standard InChI is InChI=1S/C15H28N4O3S/c1-5-23(20,21)9-8-19-7-6-13(10-19)18(4)11-14-16-15(12(2)3)22-17-14/h12-13H,5-11H2,1-4H3/t13-/m1/s1. The molecule has 0 saturated carbocycles. The molecule has 1 fully saturated rings. The summed E-state index contributed by atoms with van der Waals surface area (Å²) >= 11 is 0. The summed E-state index contributed by atoms with van der Waals surface area (Å²) < 4.78 is 28.4. The van der Waals surface area contributed by atoms with Crippen LogP contribution in [0.5, 0.6) is 0 Å². The zero-order chi connectivity index (χ0) is 17.0. The van der Waals surface area contributed by atoms with Gasteiger partial charge in [0.15, 0.2) is 15.7 Å². The van der Waals surface area contributed by atoms with E-state index in [2.05, 4.69) is 27.0 Å². The van der Waals surface area contributed by atoms with E-state index in [9.17, 15) is 8.42 Å². The molecule has 7 nitrogen and oxygen atoms in total. The van der Waals surface area contributed by atoms with Gasteiger partial charge in [-0.1, -0.05) is 25.9 Å². The lowest BCUT2D eigenvalue weighted by Gasteiger charge is -2.23. The summed E-state index contributed by atoms with van der Waals surface area (Å²) in [5.74, 6) is 2.10. The predicted octanol–water partition coefficient (Wildman–Crippen LogP) is 1.13. The highest BCUT2D eigenvalue weighted by molar-refractivity contribution is 7.91. The molecule has 0 amide bonds. The molecule has 0 unspecified atom stereocenters. The first-order chi connectivity index (χ1) is 10.8. The molecular weight excluding hydrogens is 316 g/mol. The average molecular weight is 344 g/mol. The number of rotatable bonds is 8. The molecule has 0 N–H and O–H groups in total. The second-order valence-corrected chi connectivity index (χ2v) is 9.07. The smallest absolute Gasteiger partial charge is 0.229 e. The van der Waals surface area contributed by atoms with Gasteiger partial charge in [0, 0.05) is 30.8 Å². The van der Waals surface area contributed by atoms with Gasteiger partial charge >= 0.3 is 0 Å². The molecule has 1 atom stereocenters. The molecule has 1 aromatic rings. The fourth-order valence-corrected chi connectivity index (χ4v) is 3.53. The summed E-state index contributed by atoms with van der Waals surface area (Å²) in [7, 11) is -0.828. The van der Waals surface area contributed by atoms with E-state index >= 15 is 0 Å². The molecule has 1 aliphatic heterocycles. The van der Waals surface area contributed by atoms with E-state index in [1.165, 1.54) is 0 Å². The highest BCUT2D eigenvalue weighted by Gasteiger charge is 2.27. The number of likely N-dealkylation sites (tertiary alicyclic amines) is 1. The zero-order valence-electron chi connectivity index (χ0n) is 14.5. The van der Waals surface area contributed by atoms with E-state index < -0.39 is 9.84 Å². The van der Waals surface area contributed by atoms with Crippen LogP contribution in [0.1, 0.15) is 44.8 Å². The molecule has 0 spiro atoms. The average Bonchev–Trinajstić information content (AvgIpc) is 3.14. The molecule has 132 valence electrons. The molecular formula is C15H28N4O3S. The van der Waals surface area contributed by atoms with Crippen molar-refractivity contribution >= 4 is 9.84 Å². The van der Waals surface area contributed by atoms with Crippen molar-refractivity contribution in [2.45, 2.75) is 45.7 Å². The summed E-state index contributed by atoms with van der Waals surface area (Å²) in [6, 6.07) is 0.403. The topological polar surface area (TPSA) is 79.5 Å². The third kappa shape index (κ3) is 5.26. The maximum absolute atomic E-state index is 11.6. The largest absolute Gasteiger partial charge is 0.339 e. The molecule has 2 rings (SSSR count). The van der Waals surface area contributed by atoms with Crippen LogP contribution >= 0.6 is 0 Å². The van der Waals surface area contributed by atoms with Crippen LogP contribution in [-0.4, -0.2) is 72.6 Å². The van der Waals surface area contributed by atoms with Crippen molar-refractivity contribution in [1.82, 2.24) is 19.9 Å². The Balaban J connectivity index is 1.81. The lowest BCUT2D eigenvalue weighted by Crippen LogP contribution is -2.35. The SMILES string of the molecule is CCS(=O)(=O)CCN1CC[C@@H](N(C)Cc2noc(C(C)C)n2)C1. The molecule has 0 bridgehead atoms. The Bertz CT molecular complexity index is 600. The highest BCUT2D eigenvalue weighted by Crippen LogP contribution is 2.17. The van der Waals surface area contributed by atoms with Crippen LogP contribution in [0, 0.1) is 0 Å². The number of sulfone groups is 1. The maximum Gasteiger partial charge on any atom is 0.229 e. The number of nitrogens with zero attached hydrogens (tertiary/aromatic N) is 4. The van der Waals surface area contributed by atoms with Gasteiger partial charge in [0.25, 0.3) is 0 Å². The highest BCUT2D eigenvalue weighted by atomic mass is 32.2. The van der Waals surface area contributed by atoms with Crippen molar-refractivity contribution in [2.24, 2.45) is 0 Å². The van der Waals surface area contributed by atoms with E-state index in [1.54, 1.807) is 6.92 Å². The molecule has 0 aromatic carbocycles. The number of hydrogen-bond acceptors (Lipinski definition) is 7. The summed E-state index contributed by atoms with van der Waals surface area (Å²) in [4.78, 5) is 8.86. The van der Waals surface area contributed by atoms with Gasteiger partial charge in [-0.25, -0.2) is 8.42 Å². The quantitative estimate of drug-likeness (QED) is 0.699. The van der Waals surface area contributed by atoms with Crippen molar-refractivity contribution < 1.29 is 12.9 Å². The summed E-state index contributed by atoms with van der Waals surface area (Å²) in [6.07, 6.45) is 1.04. The van der Waals surface area contributed by atoms with Gasteiger partial charge < -0.3 is 9.42 Å². The van der Waals surface area contributed by atoms with E-state index in [4.69, 9.17) is 4.52 Å². The first kappa shape index (κ1) is 18.4. The Kier molecular flexibility index (Phi) is 6.16. The van der Waals surface area contributed by atoms with Crippen molar-refractivity contribution in [3.05, 3.63) is 11.7 Å². The van der Waals surface area contributed by atoms with Crippen molar-refractivity contribution in [3.63, 3.8) is 0 Å². The maximum atomic E-state index is 11.6. The summed E-state index contributed by atoms with van der Waals surface area (Å²) in [6.45, 7) is 8.87. The van der Waals surface area contributed by atoms with Crippen LogP contribution in [0.2, 0.25) is 0 Å². The van der Waals surface area contributed by atoms with Crippen LogP contribution in [0.15, 0.2) is 4.52 Å². The first-order valence-corrected chi connectivity index (χ1v) is 10.1. The summed E-state index contributed by atoms with van der Waals surface area (Å²) in [5, 5.41) is 4.03. The van der Waals surface area contributed by atoms with Crippen LogP contribution in [0.25, 0.3) is 0 Å². The van der Waals surface area contributed by atoms with Gasteiger partial charge in [0.2, 0.25) is 5.89 Å². The predicted molar refractivity (Wildman–Crippen MR) is 89.0 cm³/mol. The van der Waals surface area contributed by atoms with Gasteiger partial charge in [-0.2, -0.15) is 4.98 Å². The number of aromatic nitrogens is 2. The van der Waals surface area contributed by atoms with Gasteiger partial charge in [-0.15, -0.1) is 0 Å². The van der Waals surface area contributed by atoms with E-state index in [-0.39, 0.29) is 17.4 Å². The molecule has 0 aliphatic carbocycles. The van der Waals surface area contributed by atoms with Crippen molar-refractivity contribution in [3.8, 4) is 0 Å². The van der Waals surface area contributed by atoms with E-state index in [0.29, 0.717) is 30.8 Å². The fourth-order valence-electron chi connectivity index (χ4n) is 2.71. The Morgan fingerprint density at radius 2 is 2.17 bits per heavy atom. The van der Waals surface area contributed by atoms with Crippen molar-refractivity contribution in [1.29, 1.82) is 0 Å². The molecule has 1 saturated heterocycles. The van der Waals surface area contributed by atoms with Gasteiger partial charge in [-0.05, 0) is 20.0 Å². The fraction of sp³-hybridized carbons (Fsp3) is 0.867. The van der Waals surface area contributed by atoms with Gasteiger partial charge in [-0.3, -0.25) is 4.90 Å².